The van der Waals surface area contributed by atoms with Gasteiger partial charge < -0.3 is 9.84 Å². The van der Waals surface area contributed by atoms with E-state index in [0.717, 1.165) is 27.6 Å². The number of hydrazone groups is 1. The second-order valence-electron chi connectivity index (χ2n) is 7.74. The van der Waals surface area contributed by atoms with Gasteiger partial charge in [-0.25, -0.2) is 5.43 Å². The Balaban J connectivity index is 1.41. The molecular weight excluding hydrogens is 428 g/mol. The topological polar surface area (TPSA) is 95.6 Å². The van der Waals surface area contributed by atoms with Crippen molar-refractivity contribution >= 4 is 34.3 Å². The number of rotatable bonds is 7. The number of phenolic OH excluding ortho intramolecular Hbond substituents is 1. The lowest BCUT2D eigenvalue weighted by molar-refractivity contribution is -0.123. The van der Waals surface area contributed by atoms with Crippen LogP contribution in [-0.4, -0.2) is 23.8 Å². The normalized spacial score (nSPS) is 11.4. The Morgan fingerprint density at radius 2 is 1.68 bits per heavy atom. The average molecular weight is 453 g/mol. The SMILES string of the molecule is Cc1cccc(C)c1OCC(=O)N/N=C\c1cc(N=Nc2cccc3ccccc23)ccc1O. The smallest absolute Gasteiger partial charge is 0.277 e. The fourth-order valence-corrected chi connectivity index (χ4v) is 3.49. The molecule has 0 unspecified atom stereocenters. The minimum Gasteiger partial charge on any atom is -0.507 e. The highest BCUT2D eigenvalue weighted by Gasteiger charge is 2.07. The van der Waals surface area contributed by atoms with E-state index in [0.29, 0.717) is 17.0 Å². The molecule has 4 aromatic carbocycles. The van der Waals surface area contributed by atoms with Gasteiger partial charge in [0.05, 0.1) is 17.6 Å². The van der Waals surface area contributed by atoms with Crippen molar-refractivity contribution in [3.8, 4) is 11.5 Å². The van der Waals surface area contributed by atoms with E-state index >= 15 is 0 Å². The summed E-state index contributed by atoms with van der Waals surface area (Å²) < 4.78 is 5.62. The van der Waals surface area contributed by atoms with Crippen LogP contribution in [0.2, 0.25) is 0 Å². The van der Waals surface area contributed by atoms with Crippen molar-refractivity contribution in [2.24, 2.45) is 15.3 Å². The zero-order valence-corrected chi connectivity index (χ0v) is 18.9. The maximum Gasteiger partial charge on any atom is 0.277 e. The molecular formula is C27H24N4O3. The van der Waals surface area contributed by atoms with Gasteiger partial charge in [-0.15, -0.1) is 5.11 Å². The van der Waals surface area contributed by atoms with Gasteiger partial charge in [-0.1, -0.05) is 54.6 Å². The first-order chi connectivity index (χ1) is 16.5. The lowest BCUT2D eigenvalue weighted by Crippen LogP contribution is -2.25. The minimum atomic E-state index is -0.412. The summed E-state index contributed by atoms with van der Waals surface area (Å²) in [5.41, 5.74) is 5.99. The van der Waals surface area contributed by atoms with Gasteiger partial charge >= 0.3 is 0 Å². The van der Waals surface area contributed by atoms with E-state index in [1.54, 1.807) is 12.1 Å². The molecule has 4 rings (SSSR count). The molecule has 7 heteroatoms. The summed E-state index contributed by atoms with van der Waals surface area (Å²) in [4.78, 5) is 12.1. The molecule has 0 saturated heterocycles. The predicted octanol–water partition coefficient (Wildman–Crippen LogP) is 6.11. The van der Waals surface area contributed by atoms with Crippen LogP contribution in [0.15, 0.2) is 94.2 Å². The van der Waals surface area contributed by atoms with Crippen LogP contribution in [0.5, 0.6) is 11.5 Å². The summed E-state index contributed by atoms with van der Waals surface area (Å²) >= 11 is 0. The third kappa shape index (κ3) is 5.45. The highest BCUT2D eigenvalue weighted by atomic mass is 16.5. The minimum absolute atomic E-state index is 0.00824. The Bertz CT molecular complexity index is 1370. The van der Waals surface area contributed by atoms with Crippen LogP contribution in [0.3, 0.4) is 0 Å². The number of benzene rings is 4. The quantitative estimate of drug-likeness (QED) is 0.201. The molecule has 1 amide bonds. The molecule has 0 radical (unpaired) electrons. The number of azo groups is 1. The highest BCUT2D eigenvalue weighted by Crippen LogP contribution is 2.29. The predicted molar refractivity (Wildman–Crippen MR) is 133 cm³/mol. The Morgan fingerprint density at radius 3 is 2.50 bits per heavy atom. The summed E-state index contributed by atoms with van der Waals surface area (Å²) in [5.74, 6) is 0.280. The Morgan fingerprint density at radius 1 is 0.941 bits per heavy atom. The first-order valence-corrected chi connectivity index (χ1v) is 10.7. The lowest BCUT2D eigenvalue weighted by atomic mass is 10.1. The standard InChI is InChI=1S/C27H24N4O3/c1-18-7-5-8-19(2)27(18)34-17-26(33)31-28-16-21-15-22(13-14-25(21)32)29-30-24-12-6-10-20-9-3-4-11-23(20)24/h3-16,32H,17H2,1-2H3,(H,31,33)/b28-16-,30-29?. The van der Waals surface area contributed by atoms with Gasteiger partial charge in [0.1, 0.15) is 11.5 Å². The second-order valence-corrected chi connectivity index (χ2v) is 7.74. The second kappa shape index (κ2) is 10.4. The van der Waals surface area contributed by atoms with Crippen LogP contribution in [0.25, 0.3) is 10.8 Å². The Kier molecular flexibility index (Phi) is 6.93. The number of aromatic hydroxyl groups is 1. The molecule has 0 bridgehead atoms. The highest BCUT2D eigenvalue weighted by molar-refractivity contribution is 5.92. The zero-order chi connectivity index (χ0) is 23.9. The number of amides is 1. The molecule has 0 heterocycles. The molecule has 34 heavy (non-hydrogen) atoms. The van der Waals surface area contributed by atoms with E-state index in [1.807, 2.05) is 74.5 Å². The number of aryl methyl sites for hydroxylation is 2. The number of carbonyl (C=O) groups is 1. The van der Waals surface area contributed by atoms with Crippen molar-refractivity contribution in [1.29, 1.82) is 0 Å². The van der Waals surface area contributed by atoms with E-state index < -0.39 is 5.91 Å². The molecule has 0 atom stereocenters. The van der Waals surface area contributed by atoms with Crippen LogP contribution in [0, 0.1) is 13.8 Å². The summed E-state index contributed by atoms with van der Waals surface area (Å²) in [6, 6.07) is 24.4. The molecule has 0 saturated carbocycles. The average Bonchev–Trinajstić information content (AvgIpc) is 2.84. The molecule has 4 aromatic rings. The van der Waals surface area contributed by atoms with Crippen molar-refractivity contribution in [2.45, 2.75) is 13.8 Å². The fourth-order valence-electron chi connectivity index (χ4n) is 3.49. The number of fused-ring (bicyclic) bond motifs is 1. The molecule has 7 nitrogen and oxygen atoms in total. The van der Waals surface area contributed by atoms with Gasteiger partial charge in [-0.05, 0) is 54.6 Å². The number of ether oxygens (including phenoxy) is 1. The molecule has 0 aliphatic rings. The maximum atomic E-state index is 12.1. The molecule has 2 N–H and O–H groups in total. The number of hydrogen-bond donors (Lipinski definition) is 2. The summed E-state index contributed by atoms with van der Waals surface area (Å²) in [6.45, 7) is 3.67. The van der Waals surface area contributed by atoms with Crippen molar-refractivity contribution in [3.05, 3.63) is 95.6 Å². The van der Waals surface area contributed by atoms with Crippen LogP contribution >= 0.6 is 0 Å². The number of hydrogen-bond acceptors (Lipinski definition) is 6. The van der Waals surface area contributed by atoms with Crippen LogP contribution < -0.4 is 10.2 Å². The molecule has 0 aliphatic heterocycles. The van der Waals surface area contributed by atoms with Gasteiger partial charge in [0, 0.05) is 10.9 Å². The number of para-hydroxylation sites is 1. The van der Waals surface area contributed by atoms with E-state index in [9.17, 15) is 9.90 Å². The van der Waals surface area contributed by atoms with Crippen molar-refractivity contribution in [2.75, 3.05) is 6.61 Å². The summed E-state index contributed by atoms with van der Waals surface area (Å²) in [6.07, 6.45) is 1.35. The molecule has 0 fully saturated rings. The zero-order valence-electron chi connectivity index (χ0n) is 18.9. The lowest BCUT2D eigenvalue weighted by Gasteiger charge is -2.10. The van der Waals surface area contributed by atoms with Crippen molar-refractivity contribution in [1.82, 2.24) is 5.43 Å². The number of nitrogens with zero attached hydrogens (tertiary/aromatic N) is 3. The van der Waals surface area contributed by atoms with E-state index in [1.165, 1.54) is 12.3 Å². The van der Waals surface area contributed by atoms with E-state index in [-0.39, 0.29) is 12.4 Å². The van der Waals surface area contributed by atoms with Crippen LogP contribution in [-0.2, 0) is 4.79 Å². The maximum absolute atomic E-state index is 12.1. The molecule has 0 spiro atoms. The molecule has 0 aromatic heterocycles. The fraction of sp³-hybridized carbons (Fsp3) is 0.111. The van der Waals surface area contributed by atoms with Crippen molar-refractivity contribution < 1.29 is 14.6 Å². The van der Waals surface area contributed by atoms with Gasteiger partial charge in [0.15, 0.2) is 6.61 Å². The Hall–Kier alpha value is -4.52. The molecule has 170 valence electrons. The third-order valence-corrected chi connectivity index (χ3v) is 5.20. The first kappa shape index (κ1) is 22.7. The summed E-state index contributed by atoms with van der Waals surface area (Å²) in [5, 5.41) is 24.8. The van der Waals surface area contributed by atoms with E-state index in [2.05, 4.69) is 20.8 Å². The Labute approximate surface area is 197 Å². The van der Waals surface area contributed by atoms with E-state index in [4.69, 9.17) is 4.74 Å². The third-order valence-electron chi connectivity index (χ3n) is 5.20. The van der Waals surface area contributed by atoms with Crippen molar-refractivity contribution in [3.63, 3.8) is 0 Å². The van der Waals surface area contributed by atoms with Crippen LogP contribution in [0.1, 0.15) is 16.7 Å². The number of carbonyl (C=O) groups excluding carboxylic acids is 1. The van der Waals surface area contributed by atoms with Gasteiger partial charge in [0.25, 0.3) is 5.91 Å². The van der Waals surface area contributed by atoms with Crippen LogP contribution in [0.4, 0.5) is 11.4 Å². The number of phenols is 1. The van der Waals surface area contributed by atoms with Gasteiger partial charge in [0.2, 0.25) is 0 Å². The number of nitrogens with one attached hydrogen (secondary N) is 1. The summed E-state index contributed by atoms with van der Waals surface area (Å²) in [7, 11) is 0. The molecule has 0 aliphatic carbocycles. The monoisotopic (exact) mass is 452 g/mol. The first-order valence-electron chi connectivity index (χ1n) is 10.7. The largest absolute Gasteiger partial charge is 0.507 e. The van der Waals surface area contributed by atoms with Gasteiger partial charge in [-0.2, -0.15) is 10.2 Å². The van der Waals surface area contributed by atoms with Gasteiger partial charge in [-0.3, -0.25) is 4.79 Å².